The monoisotopic (exact) mass is 295 g/mol. The number of ether oxygens (including phenoxy) is 1. The Morgan fingerprint density at radius 1 is 1.25 bits per heavy atom. The number of nitrogens with one attached hydrogen (secondary N) is 1. The van der Waals surface area contributed by atoms with E-state index in [2.05, 4.69) is 21.2 Å². The van der Waals surface area contributed by atoms with Crippen LogP contribution in [0.3, 0.4) is 0 Å². The maximum atomic E-state index is 11.8. The van der Waals surface area contributed by atoms with Gasteiger partial charge in [0.15, 0.2) is 11.5 Å². The number of amides is 1. The summed E-state index contributed by atoms with van der Waals surface area (Å²) >= 11 is 4.81. The summed E-state index contributed by atoms with van der Waals surface area (Å²) in [6.45, 7) is 0. The number of rotatable bonds is 0. The molecule has 3 rings (SSSR count). The summed E-state index contributed by atoms with van der Waals surface area (Å²) in [5, 5.41) is 6.43. The number of carbonyl (C=O) groups is 1. The molecule has 0 unspecified atom stereocenters. The highest BCUT2D eigenvalue weighted by molar-refractivity contribution is 9.10. The summed E-state index contributed by atoms with van der Waals surface area (Å²) in [6, 6.07) is 5.53. The van der Waals surface area contributed by atoms with Crippen LogP contribution in [0.1, 0.15) is 10.4 Å². The zero-order chi connectivity index (χ0) is 11.1. The van der Waals surface area contributed by atoms with Crippen LogP contribution in [0, 0.1) is 0 Å². The average molecular weight is 296 g/mol. The Morgan fingerprint density at radius 2 is 2.12 bits per heavy atom. The molecule has 2 aromatic rings. The molecule has 0 bridgehead atoms. The zero-order valence-electron chi connectivity index (χ0n) is 7.99. The van der Waals surface area contributed by atoms with Crippen molar-refractivity contribution in [2.45, 2.75) is 0 Å². The van der Waals surface area contributed by atoms with Crippen LogP contribution in [0.2, 0.25) is 0 Å². The highest BCUT2D eigenvalue weighted by Crippen LogP contribution is 2.38. The predicted octanol–water partition coefficient (Wildman–Crippen LogP) is 3.87. The molecule has 1 aliphatic rings. The van der Waals surface area contributed by atoms with Crippen LogP contribution in [-0.4, -0.2) is 5.91 Å². The molecule has 16 heavy (non-hydrogen) atoms. The Bertz CT molecular complexity index is 579. The number of halogens is 1. The molecule has 2 heterocycles. The summed E-state index contributed by atoms with van der Waals surface area (Å²) in [5.74, 6) is 1.14. The van der Waals surface area contributed by atoms with Gasteiger partial charge in [-0.25, -0.2) is 0 Å². The molecule has 0 spiro atoms. The van der Waals surface area contributed by atoms with E-state index in [1.807, 2.05) is 23.6 Å². The van der Waals surface area contributed by atoms with E-state index in [0.717, 1.165) is 4.47 Å². The van der Waals surface area contributed by atoms with Crippen molar-refractivity contribution >= 4 is 38.9 Å². The van der Waals surface area contributed by atoms with Gasteiger partial charge < -0.3 is 10.1 Å². The lowest BCUT2D eigenvalue weighted by molar-refractivity contribution is 0.102. The van der Waals surface area contributed by atoms with E-state index in [4.69, 9.17) is 4.74 Å². The van der Waals surface area contributed by atoms with Gasteiger partial charge in [-0.2, -0.15) is 0 Å². The second kappa shape index (κ2) is 3.61. The van der Waals surface area contributed by atoms with E-state index < -0.39 is 0 Å². The first kappa shape index (κ1) is 9.86. The van der Waals surface area contributed by atoms with Crippen molar-refractivity contribution in [2.24, 2.45) is 0 Å². The highest BCUT2D eigenvalue weighted by Gasteiger charge is 2.21. The Hall–Kier alpha value is -1.33. The fraction of sp³-hybridized carbons (Fsp3) is 0. The summed E-state index contributed by atoms with van der Waals surface area (Å²) in [4.78, 5) is 11.8. The molecule has 1 aromatic heterocycles. The van der Waals surface area contributed by atoms with Crippen molar-refractivity contribution in [1.29, 1.82) is 0 Å². The summed E-state index contributed by atoms with van der Waals surface area (Å²) < 4.78 is 6.58. The number of fused-ring (bicyclic) bond motifs is 2. The lowest BCUT2D eigenvalue weighted by atomic mass is 10.3. The lowest BCUT2D eigenvalue weighted by Crippen LogP contribution is -2.09. The topological polar surface area (TPSA) is 38.3 Å². The first-order valence-corrected chi connectivity index (χ1v) is 6.32. The zero-order valence-corrected chi connectivity index (χ0v) is 10.4. The van der Waals surface area contributed by atoms with Gasteiger partial charge in [-0.15, -0.1) is 11.3 Å². The van der Waals surface area contributed by atoms with Crippen molar-refractivity contribution in [2.75, 3.05) is 5.32 Å². The fourth-order valence-corrected chi connectivity index (χ4v) is 2.61. The first-order chi connectivity index (χ1) is 7.74. The van der Waals surface area contributed by atoms with E-state index >= 15 is 0 Å². The smallest absolute Gasteiger partial charge is 0.260 e. The Labute approximate surface area is 104 Å². The van der Waals surface area contributed by atoms with Crippen LogP contribution >= 0.6 is 27.3 Å². The van der Waals surface area contributed by atoms with Gasteiger partial charge in [0.25, 0.3) is 5.91 Å². The SMILES string of the molecule is O=C1Nc2cc(Br)ccc2Oc2cscc21. The van der Waals surface area contributed by atoms with E-state index in [1.165, 1.54) is 11.3 Å². The molecule has 1 aliphatic heterocycles. The van der Waals surface area contributed by atoms with E-state index in [-0.39, 0.29) is 5.91 Å². The van der Waals surface area contributed by atoms with Crippen molar-refractivity contribution in [3.63, 3.8) is 0 Å². The minimum atomic E-state index is -0.131. The molecule has 0 aliphatic carbocycles. The first-order valence-electron chi connectivity index (χ1n) is 4.59. The summed E-state index contributed by atoms with van der Waals surface area (Å²) in [7, 11) is 0. The molecule has 1 N–H and O–H groups in total. The third-order valence-corrected chi connectivity index (χ3v) is 3.50. The Morgan fingerprint density at radius 3 is 3.00 bits per heavy atom. The second-order valence-electron chi connectivity index (χ2n) is 3.35. The Kier molecular flexibility index (Phi) is 2.22. The fourth-order valence-electron chi connectivity index (χ4n) is 1.53. The molecular formula is C11H6BrNO2S. The van der Waals surface area contributed by atoms with Crippen molar-refractivity contribution in [3.8, 4) is 11.5 Å². The largest absolute Gasteiger partial charge is 0.453 e. The normalized spacial score (nSPS) is 13.2. The number of benzene rings is 1. The average Bonchev–Trinajstić information content (AvgIpc) is 2.65. The van der Waals surface area contributed by atoms with Crippen LogP contribution < -0.4 is 10.1 Å². The number of carbonyl (C=O) groups excluding carboxylic acids is 1. The van der Waals surface area contributed by atoms with Crippen LogP contribution in [0.4, 0.5) is 5.69 Å². The third kappa shape index (κ3) is 1.52. The molecule has 1 amide bonds. The molecule has 80 valence electrons. The van der Waals surface area contributed by atoms with Crippen LogP contribution in [0.5, 0.6) is 11.5 Å². The van der Waals surface area contributed by atoms with Gasteiger partial charge in [-0.1, -0.05) is 15.9 Å². The van der Waals surface area contributed by atoms with Gasteiger partial charge in [0, 0.05) is 15.2 Å². The van der Waals surface area contributed by atoms with Crippen LogP contribution in [0.15, 0.2) is 33.4 Å². The minimum Gasteiger partial charge on any atom is -0.453 e. The minimum absolute atomic E-state index is 0.131. The summed E-state index contributed by atoms with van der Waals surface area (Å²) in [5.41, 5.74) is 1.26. The maximum Gasteiger partial charge on any atom is 0.260 e. The summed E-state index contributed by atoms with van der Waals surface area (Å²) in [6.07, 6.45) is 0. The molecular weight excluding hydrogens is 290 g/mol. The van der Waals surface area contributed by atoms with Gasteiger partial charge >= 0.3 is 0 Å². The van der Waals surface area contributed by atoms with E-state index in [9.17, 15) is 4.79 Å². The third-order valence-electron chi connectivity index (χ3n) is 2.28. The predicted molar refractivity (Wildman–Crippen MR) is 66.5 cm³/mol. The van der Waals surface area contributed by atoms with Gasteiger partial charge in [0.05, 0.1) is 11.3 Å². The molecule has 0 atom stereocenters. The van der Waals surface area contributed by atoms with Gasteiger partial charge in [-0.3, -0.25) is 4.79 Å². The highest BCUT2D eigenvalue weighted by atomic mass is 79.9. The second-order valence-corrected chi connectivity index (χ2v) is 5.01. The standard InChI is InChI=1S/C11H6BrNO2S/c12-6-1-2-9-8(3-6)13-11(14)7-4-16-5-10(7)15-9/h1-5H,(H,13,14). The molecule has 0 radical (unpaired) electrons. The number of anilines is 1. The van der Waals surface area contributed by atoms with Crippen molar-refractivity contribution in [3.05, 3.63) is 39.0 Å². The molecule has 0 saturated carbocycles. The molecule has 0 saturated heterocycles. The Balaban J connectivity index is 2.16. The quantitative estimate of drug-likeness (QED) is 0.801. The van der Waals surface area contributed by atoms with Crippen molar-refractivity contribution < 1.29 is 9.53 Å². The van der Waals surface area contributed by atoms with Crippen molar-refractivity contribution in [1.82, 2.24) is 0 Å². The van der Waals surface area contributed by atoms with Gasteiger partial charge in [-0.05, 0) is 18.2 Å². The molecule has 1 aromatic carbocycles. The molecule has 5 heteroatoms. The molecule has 3 nitrogen and oxygen atoms in total. The maximum absolute atomic E-state index is 11.8. The van der Waals surface area contributed by atoms with Crippen LogP contribution in [-0.2, 0) is 0 Å². The van der Waals surface area contributed by atoms with Gasteiger partial charge in [0.2, 0.25) is 0 Å². The number of hydrogen-bond donors (Lipinski definition) is 1. The lowest BCUT2D eigenvalue weighted by Gasteiger charge is -2.06. The van der Waals surface area contributed by atoms with Gasteiger partial charge in [0.1, 0.15) is 0 Å². The van der Waals surface area contributed by atoms with E-state index in [1.54, 1.807) is 5.38 Å². The van der Waals surface area contributed by atoms with E-state index in [0.29, 0.717) is 22.7 Å². The number of thiophene rings is 1. The molecule has 0 fully saturated rings. The number of hydrogen-bond acceptors (Lipinski definition) is 3. The van der Waals surface area contributed by atoms with Crippen LogP contribution in [0.25, 0.3) is 0 Å².